The van der Waals surface area contributed by atoms with Crippen LogP contribution < -0.4 is 16.0 Å². The highest BCUT2D eigenvalue weighted by Gasteiger charge is 2.55. The molecule has 4 saturated carbocycles. The molecule has 8 nitrogen and oxygen atoms in total. The maximum absolute atomic E-state index is 12.8. The molecule has 6 atom stereocenters. The standard InChI is InChI=1S/C24H36Cl2F3N3O5/c25-16-3-1-14(9-17(16)26)36-13-21(35)32-23-7-5-22(6-8-23,10-19(23)33)31-20(34)12-37-15-2-4-18(30-11-15)24(27,28)29/h14-19,30,33H,1-13H2,(H,31,34)(H,32,35)/t14?,15?,16?,17?,18?,19-,22?,23?/m0/s1. The van der Waals surface area contributed by atoms with Crippen LogP contribution in [0.3, 0.4) is 0 Å². The van der Waals surface area contributed by atoms with E-state index in [0.717, 1.165) is 12.8 Å². The van der Waals surface area contributed by atoms with E-state index < -0.39 is 35.5 Å². The Kier molecular flexibility index (Phi) is 9.23. The number of hydrogen-bond acceptors (Lipinski definition) is 6. The zero-order chi connectivity index (χ0) is 26.8. The fourth-order valence-electron chi connectivity index (χ4n) is 6.14. The number of hydrogen-bond donors (Lipinski definition) is 4. The van der Waals surface area contributed by atoms with Gasteiger partial charge in [-0.3, -0.25) is 9.59 Å². The van der Waals surface area contributed by atoms with Crippen LogP contribution in [0.2, 0.25) is 0 Å². The molecule has 13 heteroatoms. The van der Waals surface area contributed by atoms with E-state index in [-0.39, 0.29) is 61.3 Å². The largest absolute Gasteiger partial charge is 0.403 e. The predicted molar refractivity (Wildman–Crippen MR) is 131 cm³/mol. The number of fused-ring (bicyclic) bond motifs is 3. The number of piperidine rings is 1. The molecular formula is C24H36Cl2F3N3O5. The van der Waals surface area contributed by atoms with Crippen molar-refractivity contribution >= 4 is 35.0 Å². The number of carbonyl (C=O) groups is 2. The Hall–Kier alpha value is -0.850. The number of carbonyl (C=O) groups excluding carboxylic acids is 2. The fourth-order valence-corrected chi connectivity index (χ4v) is 6.69. The zero-order valence-electron chi connectivity index (χ0n) is 20.6. The van der Waals surface area contributed by atoms with E-state index in [1.54, 1.807) is 0 Å². The first-order valence-electron chi connectivity index (χ1n) is 13.0. The monoisotopic (exact) mass is 573 g/mol. The normalized spacial score (nSPS) is 40.3. The second-order valence-corrected chi connectivity index (χ2v) is 12.2. The Bertz CT molecular complexity index is 820. The van der Waals surface area contributed by atoms with E-state index in [4.69, 9.17) is 32.7 Å². The highest BCUT2D eigenvalue weighted by molar-refractivity contribution is 6.30. The van der Waals surface area contributed by atoms with Crippen molar-refractivity contribution in [1.82, 2.24) is 16.0 Å². The first kappa shape index (κ1) is 29.1. The van der Waals surface area contributed by atoms with Gasteiger partial charge in [-0.25, -0.2) is 0 Å². The topological polar surface area (TPSA) is 109 Å². The lowest BCUT2D eigenvalue weighted by Crippen LogP contribution is -2.70. The minimum atomic E-state index is -4.29. The van der Waals surface area contributed by atoms with Crippen LogP contribution in [0.25, 0.3) is 0 Å². The van der Waals surface area contributed by atoms with Gasteiger partial charge in [-0.2, -0.15) is 13.2 Å². The number of amides is 2. The van der Waals surface area contributed by atoms with E-state index in [1.807, 2.05) is 0 Å². The van der Waals surface area contributed by atoms with Gasteiger partial charge in [0, 0.05) is 12.1 Å². The molecule has 4 aliphatic carbocycles. The van der Waals surface area contributed by atoms with E-state index in [9.17, 15) is 27.9 Å². The fraction of sp³-hybridized carbons (Fsp3) is 0.917. The number of aliphatic hydroxyl groups is 1. The Morgan fingerprint density at radius 1 is 0.919 bits per heavy atom. The molecule has 37 heavy (non-hydrogen) atoms. The summed E-state index contributed by atoms with van der Waals surface area (Å²) in [7, 11) is 0. The van der Waals surface area contributed by atoms with Crippen LogP contribution in [0.4, 0.5) is 13.2 Å². The lowest BCUT2D eigenvalue weighted by molar-refractivity contribution is -0.166. The highest BCUT2D eigenvalue weighted by Crippen LogP contribution is 2.47. The summed E-state index contributed by atoms with van der Waals surface area (Å²) in [6.07, 6.45) is -1.01. The third-order valence-corrected chi connectivity index (χ3v) is 9.56. The van der Waals surface area contributed by atoms with Gasteiger partial charge in [0.25, 0.3) is 0 Å². The SMILES string of the molecule is O=C(COC1CCC(C(F)(F)F)NC1)NC12CCC(NC(=O)COC3CCC(Cl)C(Cl)C3)(CC1)[C@@H](O)C2. The summed E-state index contributed by atoms with van der Waals surface area (Å²) < 4.78 is 49.6. The van der Waals surface area contributed by atoms with Crippen LogP contribution in [-0.4, -0.2) is 89.0 Å². The molecule has 1 saturated heterocycles. The molecule has 0 aromatic heterocycles. The van der Waals surface area contributed by atoms with Crippen LogP contribution in [0.1, 0.15) is 64.2 Å². The summed E-state index contributed by atoms with van der Waals surface area (Å²) in [6.45, 7) is -0.336. The number of alkyl halides is 5. The molecule has 2 amide bonds. The van der Waals surface area contributed by atoms with E-state index in [1.165, 1.54) is 0 Å². The van der Waals surface area contributed by atoms with Crippen molar-refractivity contribution in [3.8, 4) is 0 Å². The van der Waals surface area contributed by atoms with Gasteiger partial charge in [-0.15, -0.1) is 23.2 Å². The third kappa shape index (κ3) is 7.22. The molecule has 5 rings (SSSR count). The van der Waals surface area contributed by atoms with Gasteiger partial charge in [0.1, 0.15) is 19.3 Å². The highest BCUT2D eigenvalue weighted by atomic mass is 35.5. The number of rotatable bonds is 8. The second kappa shape index (κ2) is 11.7. The average molecular weight is 574 g/mol. The quantitative estimate of drug-likeness (QED) is 0.332. The van der Waals surface area contributed by atoms with Crippen molar-refractivity contribution in [2.24, 2.45) is 0 Å². The van der Waals surface area contributed by atoms with Gasteiger partial charge >= 0.3 is 6.18 Å². The maximum Gasteiger partial charge on any atom is 0.403 e. The van der Waals surface area contributed by atoms with Crippen molar-refractivity contribution in [3.05, 3.63) is 0 Å². The van der Waals surface area contributed by atoms with Gasteiger partial charge in [-0.05, 0) is 64.2 Å². The van der Waals surface area contributed by atoms with Gasteiger partial charge in [0.05, 0.1) is 34.6 Å². The Morgan fingerprint density at radius 2 is 1.54 bits per heavy atom. The smallest absolute Gasteiger partial charge is 0.391 e. The minimum Gasteiger partial charge on any atom is -0.391 e. The molecule has 0 aromatic carbocycles. The molecule has 212 valence electrons. The van der Waals surface area contributed by atoms with Gasteiger partial charge in [0.2, 0.25) is 11.8 Å². The minimum absolute atomic E-state index is 0.0354. The summed E-state index contributed by atoms with van der Waals surface area (Å²) in [6, 6.07) is -1.54. The first-order valence-corrected chi connectivity index (χ1v) is 13.9. The van der Waals surface area contributed by atoms with E-state index in [2.05, 4.69) is 16.0 Å². The lowest BCUT2D eigenvalue weighted by Gasteiger charge is -2.56. The lowest BCUT2D eigenvalue weighted by atomic mass is 9.60. The number of ether oxygens (including phenoxy) is 2. The van der Waals surface area contributed by atoms with Gasteiger partial charge in [0.15, 0.2) is 0 Å². The molecule has 1 heterocycles. The van der Waals surface area contributed by atoms with Crippen molar-refractivity contribution in [1.29, 1.82) is 0 Å². The molecule has 0 spiro atoms. The van der Waals surface area contributed by atoms with Crippen LogP contribution in [0.5, 0.6) is 0 Å². The zero-order valence-corrected chi connectivity index (χ0v) is 22.1. The molecule has 1 aliphatic heterocycles. The number of halogens is 5. The summed E-state index contributed by atoms with van der Waals surface area (Å²) in [4.78, 5) is 25.2. The van der Waals surface area contributed by atoms with Crippen molar-refractivity contribution < 1.29 is 37.3 Å². The van der Waals surface area contributed by atoms with Crippen molar-refractivity contribution in [2.75, 3.05) is 19.8 Å². The molecule has 4 N–H and O–H groups in total. The molecule has 0 radical (unpaired) electrons. The Balaban J connectivity index is 1.18. The summed E-state index contributed by atoms with van der Waals surface area (Å²) in [5.41, 5.74) is -1.35. The third-order valence-electron chi connectivity index (χ3n) is 8.42. The predicted octanol–water partition coefficient (Wildman–Crippen LogP) is 2.52. The molecule has 5 aliphatic rings. The number of aliphatic hydroxyl groups excluding tert-OH is 1. The van der Waals surface area contributed by atoms with E-state index in [0.29, 0.717) is 38.5 Å². The average Bonchev–Trinajstić information content (AvgIpc) is 2.84. The van der Waals surface area contributed by atoms with Gasteiger partial charge < -0.3 is 30.5 Å². The van der Waals surface area contributed by atoms with Crippen LogP contribution in [-0.2, 0) is 19.1 Å². The first-order chi connectivity index (χ1) is 17.4. The van der Waals surface area contributed by atoms with Crippen LogP contribution in [0, 0.1) is 0 Å². The Labute approximate surface area is 224 Å². The number of nitrogens with one attached hydrogen (secondary N) is 3. The summed E-state index contributed by atoms with van der Waals surface area (Å²) in [5, 5.41) is 19.0. The second-order valence-electron chi connectivity index (χ2n) is 11.0. The molecule has 5 unspecified atom stereocenters. The van der Waals surface area contributed by atoms with Crippen molar-refractivity contribution in [2.45, 2.75) is 117 Å². The Morgan fingerprint density at radius 3 is 2.11 bits per heavy atom. The molecule has 0 aromatic rings. The maximum atomic E-state index is 12.8. The van der Waals surface area contributed by atoms with Gasteiger partial charge in [-0.1, -0.05) is 0 Å². The van der Waals surface area contributed by atoms with Crippen LogP contribution in [0.15, 0.2) is 0 Å². The molecule has 5 fully saturated rings. The molecular weight excluding hydrogens is 538 g/mol. The molecule has 2 bridgehead atoms. The van der Waals surface area contributed by atoms with Crippen molar-refractivity contribution in [3.63, 3.8) is 0 Å². The summed E-state index contributed by atoms with van der Waals surface area (Å²) in [5.74, 6) is -0.653. The van der Waals surface area contributed by atoms with Crippen LogP contribution >= 0.6 is 23.2 Å². The van der Waals surface area contributed by atoms with E-state index >= 15 is 0 Å². The summed E-state index contributed by atoms with van der Waals surface area (Å²) >= 11 is 12.3.